The average molecular weight is 472 g/mol. The molecule has 0 saturated carbocycles. The van der Waals surface area contributed by atoms with Crippen LogP contribution >= 0.6 is 23.1 Å². The number of aromatic nitrogens is 3. The Morgan fingerprint density at radius 1 is 1.31 bits per heavy atom. The Balaban J connectivity index is 0.000000913. The smallest absolute Gasteiger partial charge is 0.217 e. The van der Waals surface area contributed by atoms with Gasteiger partial charge >= 0.3 is 6.15 Å². The van der Waals surface area contributed by atoms with Gasteiger partial charge < -0.3 is 0 Å². The molecule has 4 rings (SSSR count). The van der Waals surface area contributed by atoms with Crippen molar-refractivity contribution in [1.29, 1.82) is 0 Å². The van der Waals surface area contributed by atoms with E-state index in [0.29, 0.717) is 5.25 Å². The first-order valence-electron chi connectivity index (χ1n) is 10.5. The van der Waals surface area contributed by atoms with Crippen LogP contribution in [0.3, 0.4) is 0 Å². The van der Waals surface area contributed by atoms with E-state index in [1.165, 1.54) is 22.3 Å². The Kier molecular flexibility index (Phi) is 8.18. The highest BCUT2D eigenvalue weighted by atomic mass is 32.2. The van der Waals surface area contributed by atoms with Gasteiger partial charge in [-0.1, -0.05) is 50.3 Å². The van der Waals surface area contributed by atoms with Gasteiger partial charge in [-0.05, 0) is 55.4 Å². The number of benzene rings is 1. The largest absolute Gasteiger partial charge is 0.373 e. The van der Waals surface area contributed by atoms with E-state index in [-0.39, 0.29) is 12.0 Å². The van der Waals surface area contributed by atoms with Gasteiger partial charge in [0.15, 0.2) is 0 Å². The van der Waals surface area contributed by atoms with Crippen molar-refractivity contribution in [3.05, 3.63) is 53.7 Å². The second-order valence-corrected chi connectivity index (χ2v) is 10.9. The molecule has 0 fully saturated rings. The van der Waals surface area contributed by atoms with Crippen molar-refractivity contribution in [2.24, 2.45) is 5.92 Å². The van der Waals surface area contributed by atoms with Crippen LogP contribution in [-0.2, 0) is 9.59 Å². The molecule has 168 valence electrons. The average Bonchev–Trinajstić information content (AvgIpc) is 3.32. The van der Waals surface area contributed by atoms with Crippen molar-refractivity contribution in [2.45, 2.75) is 56.4 Å². The monoisotopic (exact) mass is 471 g/mol. The zero-order valence-electron chi connectivity index (χ0n) is 18.6. The lowest BCUT2D eigenvalue weighted by molar-refractivity contribution is -0.191. The quantitative estimate of drug-likeness (QED) is 0.394. The van der Waals surface area contributed by atoms with E-state index >= 15 is 0 Å². The summed E-state index contributed by atoms with van der Waals surface area (Å²) < 4.78 is 16.8. The maximum atomic E-state index is 13.7. The molecule has 3 aromatic rings. The Morgan fingerprint density at radius 3 is 2.69 bits per heavy atom. The van der Waals surface area contributed by atoms with Gasteiger partial charge in [0.2, 0.25) is 5.13 Å². The molecule has 2 heterocycles. The minimum absolute atomic E-state index is 0.236. The van der Waals surface area contributed by atoms with Gasteiger partial charge in [-0.25, -0.2) is 14.1 Å². The highest BCUT2D eigenvalue weighted by Gasteiger charge is 2.21. The van der Waals surface area contributed by atoms with Crippen molar-refractivity contribution in [2.75, 3.05) is 0 Å². The molecule has 1 atom stereocenters. The third-order valence-corrected chi connectivity index (χ3v) is 7.39. The maximum Gasteiger partial charge on any atom is 0.373 e. The molecule has 1 aromatic carbocycles. The molecule has 0 N–H and O–H groups in total. The van der Waals surface area contributed by atoms with Crippen LogP contribution in [0.1, 0.15) is 51.4 Å². The number of halogens is 1. The van der Waals surface area contributed by atoms with Crippen LogP contribution in [0.4, 0.5) is 4.39 Å². The number of thioether (sulfide) groups is 1. The number of aryl methyl sites for hydroxylation is 1. The minimum atomic E-state index is -0.236. The second kappa shape index (κ2) is 10.9. The first kappa shape index (κ1) is 24.1. The summed E-state index contributed by atoms with van der Waals surface area (Å²) in [5, 5.41) is 6.05. The molecule has 5 nitrogen and oxygen atoms in total. The number of nitrogens with zero attached hydrogens (tertiary/aromatic N) is 3. The normalized spacial score (nSPS) is 15.7. The van der Waals surface area contributed by atoms with Crippen molar-refractivity contribution in [3.63, 3.8) is 0 Å². The van der Waals surface area contributed by atoms with Crippen LogP contribution in [0, 0.1) is 18.7 Å². The van der Waals surface area contributed by atoms with Crippen LogP contribution in [0.2, 0.25) is 0 Å². The van der Waals surface area contributed by atoms with Gasteiger partial charge in [-0.2, -0.15) is 14.7 Å². The molecular formula is C24H26FN3O2S2. The van der Waals surface area contributed by atoms with E-state index in [1.54, 1.807) is 23.5 Å². The number of thiazole rings is 1. The second-order valence-electron chi connectivity index (χ2n) is 8.07. The number of hydrogen-bond donors (Lipinski definition) is 0. The van der Waals surface area contributed by atoms with Crippen LogP contribution in [0.15, 0.2) is 40.7 Å². The van der Waals surface area contributed by atoms with Crippen molar-refractivity contribution >= 4 is 34.8 Å². The zero-order chi connectivity index (χ0) is 23.3. The Morgan fingerprint density at radius 2 is 2.06 bits per heavy atom. The van der Waals surface area contributed by atoms with Gasteiger partial charge in [0.25, 0.3) is 0 Å². The molecule has 1 aliphatic carbocycles. The number of allylic oxidation sites excluding steroid dienone is 2. The summed E-state index contributed by atoms with van der Waals surface area (Å²) in [6.07, 6.45) is 8.01. The molecule has 0 bridgehead atoms. The van der Waals surface area contributed by atoms with Crippen molar-refractivity contribution < 1.29 is 14.0 Å². The molecule has 0 amide bonds. The van der Waals surface area contributed by atoms with Gasteiger partial charge in [0.05, 0.1) is 15.6 Å². The van der Waals surface area contributed by atoms with Crippen LogP contribution in [-0.4, -0.2) is 26.2 Å². The molecule has 0 spiro atoms. The number of rotatable bonds is 5. The Bertz CT molecular complexity index is 1140. The predicted octanol–water partition coefficient (Wildman–Crippen LogP) is 6.56. The van der Waals surface area contributed by atoms with Crippen molar-refractivity contribution in [1.82, 2.24) is 14.8 Å². The molecule has 1 aliphatic rings. The van der Waals surface area contributed by atoms with Crippen molar-refractivity contribution in [3.8, 4) is 16.3 Å². The highest BCUT2D eigenvalue weighted by Crippen LogP contribution is 2.41. The summed E-state index contributed by atoms with van der Waals surface area (Å²) in [6.45, 7) is 8.70. The summed E-state index contributed by atoms with van der Waals surface area (Å²) in [6, 6.07) is 6.66. The molecule has 2 aromatic heterocycles. The summed E-state index contributed by atoms with van der Waals surface area (Å²) >= 11 is 3.56. The van der Waals surface area contributed by atoms with E-state index in [2.05, 4.69) is 26.8 Å². The van der Waals surface area contributed by atoms with E-state index in [1.807, 2.05) is 35.6 Å². The van der Waals surface area contributed by atoms with Gasteiger partial charge in [0.1, 0.15) is 5.82 Å². The van der Waals surface area contributed by atoms with E-state index < -0.39 is 0 Å². The zero-order valence-corrected chi connectivity index (χ0v) is 20.2. The fourth-order valence-electron chi connectivity index (χ4n) is 3.57. The van der Waals surface area contributed by atoms with E-state index in [9.17, 15) is 4.39 Å². The third kappa shape index (κ3) is 5.82. The summed E-state index contributed by atoms with van der Waals surface area (Å²) in [4.78, 5) is 21.3. The molecule has 0 aliphatic heterocycles. The topological polar surface area (TPSA) is 64.8 Å². The van der Waals surface area contributed by atoms with Crippen LogP contribution in [0.5, 0.6) is 0 Å². The fraction of sp³-hybridized carbons (Fsp3) is 0.375. The maximum absolute atomic E-state index is 13.7. The Labute approximate surface area is 195 Å². The molecule has 8 heteroatoms. The first-order valence-corrected chi connectivity index (χ1v) is 12.2. The first-order chi connectivity index (χ1) is 15.3. The van der Waals surface area contributed by atoms with Crippen LogP contribution < -0.4 is 0 Å². The van der Waals surface area contributed by atoms with Gasteiger partial charge in [0, 0.05) is 17.0 Å². The molecule has 1 unspecified atom stereocenters. The third-order valence-electron chi connectivity index (χ3n) is 5.14. The minimum Gasteiger partial charge on any atom is -0.217 e. The summed E-state index contributed by atoms with van der Waals surface area (Å²) in [7, 11) is 0. The lowest BCUT2D eigenvalue weighted by Crippen LogP contribution is -2.02. The summed E-state index contributed by atoms with van der Waals surface area (Å²) in [5.41, 5.74) is 5.13. The SMILES string of the molecule is Cc1nn(-c2nc(C3=CCC(C)CC3)c(SC(C)C)s2)cc1-c1cccc(F)c1.O=C=O. The predicted molar refractivity (Wildman–Crippen MR) is 126 cm³/mol. The molecular weight excluding hydrogens is 445 g/mol. The lowest BCUT2D eigenvalue weighted by Gasteiger charge is -2.17. The Hall–Kier alpha value is -2.54. The van der Waals surface area contributed by atoms with Gasteiger partial charge in [-0.3, -0.25) is 0 Å². The highest BCUT2D eigenvalue weighted by molar-refractivity contribution is 8.01. The van der Waals surface area contributed by atoms with E-state index in [4.69, 9.17) is 19.7 Å². The van der Waals surface area contributed by atoms with Crippen LogP contribution in [0.25, 0.3) is 21.8 Å². The summed E-state index contributed by atoms with van der Waals surface area (Å²) in [5.74, 6) is 0.515. The standard InChI is InChI=1S/C23H26FN3S2.CO2/c1-14(2)28-22-21(17-10-8-15(3)9-11-17)25-23(29-22)27-13-20(16(4)26-27)18-6-5-7-19(24)12-18;2-1-3/h5-7,10,12-15H,8-9,11H2,1-4H3;. The fourth-order valence-corrected chi connectivity index (χ4v) is 6.04. The van der Waals surface area contributed by atoms with Gasteiger partial charge in [-0.15, -0.1) is 11.8 Å². The number of hydrogen-bond acceptors (Lipinski definition) is 6. The van der Waals surface area contributed by atoms with E-state index in [0.717, 1.165) is 46.4 Å². The lowest BCUT2D eigenvalue weighted by atomic mass is 9.90. The molecule has 0 radical (unpaired) electrons. The molecule has 32 heavy (non-hydrogen) atoms. The molecule has 0 saturated heterocycles. The number of carbonyl (C=O) groups excluding carboxylic acids is 2.